The molecule has 0 fully saturated rings. The van der Waals surface area contributed by atoms with Gasteiger partial charge < -0.3 is 4.90 Å². The molecule has 1 rings (SSSR count). The number of nitrogens with zero attached hydrogens (tertiary/aromatic N) is 1. The molecule has 0 spiro atoms. The lowest BCUT2D eigenvalue weighted by molar-refractivity contribution is -0.826. The van der Waals surface area contributed by atoms with Crippen LogP contribution in [0.2, 0.25) is 0 Å². The van der Waals surface area contributed by atoms with E-state index in [4.69, 9.17) is 4.55 Å². The van der Waals surface area contributed by atoms with Gasteiger partial charge in [-0.2, -0.15) is 8.42 Å². The number of hydrogen-bond donors (Lipinski definition) is 2. The first kappa shape index (κ1) is 11.5. The first-order valence-corrected chi connectivity index (χ1v) is 6.28. The molecule has 0 saturated heterocycles. The molecule has 1 aliphatic heterocycles. The highest BCUT2D eigenvalue weighted by atomic mass is 32.2. The first-order chi connectivity index (χ1) is 6.47. The Balaban J connectivity index is 2.08. The zero-order valence-electron chi connectivity index (χ0n) is 8.31. The van der Waals surface area contributed by atoms with E-state index in [9.17, 15) is 8.42 Å². The van der Waals surface area contributed by atoms with E-state index in [1.54, 1.807) is 0 Å². The van der Waals surface area contributed by atoms with Crippen molar-refractivity contribution >= 4 is 10.1 Å². The van der Waals surface area contributed by atoms with Gasteiger partial charge in [0.15, 0.2) is 6.67 Å². The van der Waals surface area contributed by atoms with E-state index in [1.807, 2.05) is 6.20 Å². The SMILES string of the molecule is C[NH+]1C=CN(CCCCS(=O)(=O)O)C1. The Hall–Kier alpha value is -0.590. The van der Waals surface area contributed by atoms with Crippen LogP contribution in [-0.4, -0.2) is 43.9 Å². The summed E-state index contributed by atoms with van der Waals surface area (Å²) in [6.45, 7) is 1.79. The van der Waals surface area contributed by atoms with E-state index < -0.39 is 10.1 Å². The average Bonchev–Trinajstić information content (AvgIpc) is 2.44. The molecule has 0 aliphatic carbocycles. The topological polar surface area (TPSA) is 62.0 Å². The monoisotopic (exact) mass is 221 g/mol. The van der Waals surface area contributed by atoms with Gasteiger partial charge in [0.25, 0.3) is 10.1 Å². The molecule has 14 heavy (non-hydrogen) atoms. The third-order valence-corrected chi connectivity index (χ3v) is 2.92. The van der Waals surface area contributed by atoms with Crippen LogP contribution in [-0.2, 0) is 10.1 Å². The minimum atomic E-state index is -3.77. The second-order valence-electron chi connectivity index (χ2n) is 3.63. The smallest absolute Gasteiger partial charge is 0.264 e. The van der Waals surface area contributed by atoms with Crippen LogP contribution in [0.4, 0.5) is 0 Å². The molecule has 0 amide bonds. The Morgan fingerprint density at radius 3 is 2.71 bits per heavy atom. The van der Waals surface area contributed by atoms with Crippen molar-refractivity contribution in [1.82, 2.24) is 4.90 Å². The quantitative estimate of drug-likeness (QED) is 0.457. The highest BCUT2D eigenvalue weighted by Crippen LogP contribution is 1.98. The second-order valence-corrected chi connectivity index (χ2v) is 5.20. The average molecular weight is 221 g/mol. The summed E-state index contributed by atoms with van der Waals surface area (Å²) in [5, 5.41) is 0. The van der Waals surface area contributed by atoms with Crippen molar-refractivity contribution in [2.45, 2.75) is 12.8 Å². The van der Waals surface area contributed by atoms with Gasteiger partial charge in [-0.05, 0) is 12.8 Å². The van der Waals surface area contributed by atoms with E-state index >= 15 is 0 Å². The van der Waals surface area contributed by atoms with Gasteiger partial charge in [-0.1, -0.05) is 0 Å². The van der Waals surface area contributed by atoms with E-state index in [0.717, 1.165) is 19.6 Å². The molecule has 1 aliphatic rings. The maximum Gasteiger partial charge on any atom is 0.264 e. The number of rotatable bonds is 5. The largest absolute Gasteiger partial charge is 0.326 e. The van der Waals surface area contributed by atoms with Crippen molar-refractivity contribution in [2.24, 2.45) is 0 Å². The molecular formula is C8H17N2O3S+. The van der Waals surface area contributed by atoms with Gasteiger partial charge in [0.05, 0.1) is 19.0 Å². The zero-order valence-corrected chi connectivity index (χ0v) is 9.13. The minimum absolute atomic E-state index is 0.132. The van der Waals surface area contributed by atoms with Crippen LogP contribution in [0, 0.1) is 0 Å². The molecule has 1 unspecified atom stereocenters. The molecule has 1 heterocycles. The van der Waals surface area contributed by atoms with Crippen molar-refractivity contribution in [3.8, 4) is 0 Å². The first-order valence-electron chi connectivity index (χ1n) is 4.67. The lowest BCUT2D eigenvalue weighted by Crippen LogP contribution is -3.03. The zero-order chi connectivity index (χ0) is 10.6. The Bertz CT molecular complexity index is 300. The van der Waals surface area contributed by atoms with Crippen molar-refractivity contribution in [1.29, 1.82) is 0 Å². The molecule has 5 nitrogen and oxygen atoms in total. The Morgan fingerprint density at radius 1 is 1.50 bits per heavy atom. The summed E-state index contributed by atoms with van der Waals surface area (Å²) < 4.78 is 29.3. The van der Waals surface area contributed by atoms with Crippen LogP contribution in [0.3, 0.4) is 0 Å². The predicted molar refractivity (Wildman–Crippen MR) is 53.2 cm³/mol. The number of nitrogens with one attached hydrogen (secondary N) is 1. The van der Waals surface area contributed by atoms with Crippen LogP contribution in [0.5, 0.6) is 0 Å². The maximum absolute atomic E-state index is 10.4. The lowest BCUT2D eigenvalue weighted by Gasteiger charge is -2.13. The third-order valence-electron chi connectivity index (χ3n) is 2.12. The van der Waals surface area contributed by atoms with Gasteiger partial charge in [-0.25, -0.2) is 0 Å². The summed E-state index contributed by atoms with van der Waals surface area (Å²) >= 11 is 0. The van der Waals surface area contributed by atoms with Crippen molar-refractivity contribution in [3.05, 3.63) is 12.4 Å². The van der Waals surface area contributed by atoms with Gasteiger partial charge in [-0.3, -0.25) is 9.45 Å². The standard InChI is InChI=1S/C8H16N2O3S/c1-9-5-6-10(8-9)4-2-3-7-14(11,12)13/h5-6H,2-4,7-8H2,1H3,(H,11,12,13)/p+1. The molecule has 0 bridgehead atoms. The van der Waals surface area contributed by atoms with Gasteiger partial charge in [0, 0.05) is 6.54 Å². The highest BCUT2D eigenvalue weighted by molar-refractivity contribution is 7.85. The Kier molecular flexibility index (Phi) is 3.91. The second kappa shape index (κ2) is 4.77. The molecule has 1 atom stereocenters. The molecule has 2 N–H and O–H groups in total. The van der Waals surface area contributed by atoms with Crippen LogP contribution in [0.25, 0.3) is 0 Å². The Morgan fingerprint density at radius 2 is 2.21 bits per heavy atom. The van der Waals surface area contributed by atoms with Crippen molar-refractivity contribution in [3.63, 3.8) is 0 Å². The van der Waals surface area contributed by atoms with Gasteiger partial charge in [0.1, 0.15) is 6.20 Å². The molecule has 6 heteroatoms. The fraction of sp³-hybridized carbons (Fsp3) is 0.750. The minimum Gasteiger partial charge on any atom is -0.326 e. The maximum atomic E-state index is 10.4. The summed E-state index contributed by atoms with van der Waals surface area (Å²) in [5.41, 5.74) is 0. The van der Waals surface area contributed by atoms with Crippen LogP contribution in [0.15, 0.2) is 12.4 Å². The number of quaternary nitrogens is 1. The summed E-state index contributed by atoms with van der Waals surface area (Å²) in [7, 11) is -1.71. The van der Waals surface area contributed by atoms with Gasteiger partial charge in [0.2, 0.25) is 0 Å². The summed E-state index contributed by atoms with van der Waals surface area (Å²) in [6, 6.07) is 0. The molecule has 82 valence electrons. The van der Waals surface area contributed by atoms with Crippen LogP contribution >= 0.6 is 0 Å². The molecule has 0 aromatic carbocycles. The normalized spacial score (nSPS) is 21.9. The van der Waals surface area contributed by atoms with E-state index in [2.05, 4.69) is 18.1 Å². The molecule has 0 saturated carbocycles. The fourth-order valence-corrected chi connectivity index (χ4v) is 1.98. The number of hydrogen-bond acceptors (Lipinski definition) is 3. The molecule has 0 aromatic heterocycles. The van der Waals surface area contributed by atoms with Gasteiger partial charge >= 0.3 is 0 Å². The summed E-state index contributed by atoms with van der Waals surface area (Å²) in [4.78, 5) is 3.46. The van der Waals surface area contributed by atoms with Crippen molar-refractivity contribution < 1.29 is 17.9 Å². The molecule has 0 aromatic rings. The lowest BCUT2D eigenvalue weighted by atomic mass is 10.3. The third kappa shape index (κ3) is 4.59. The Labute approximate surface area is 84.7 Å². The highest BCUT2D eigenvalue weighted by Gasteiger charge is 2.12. The fourth-order valence-electron chi connectivity index (χ4n) is 1.41. The van der Waals surface area contributed by atoms with E-state index in [-0.39, 0.29) is 5.75 Å². The van der Waals surface area contributed by atoms with E-state index in [1.165, 1.54) is 4.90 Å². The number of unbranched alkanes of at least 4 members (excludes halogenated alkanes) is 1. The van der Waals surface area contributed by atoms with Gasteiger partial charge in [-0.15, -0.1) is 0 Å². The van der Waals surface area contributed by atoms with Crippen LogP contribution < -0.4 is 4.90 Å². The summed E-state index contributed by atoms with van der Waals surface area (Å²) in [6.07, 6.45) is 5.38. The molecule has 0 radical (unpaired) electrons. The summed E-state index contributed by atoms with van der Waals surface area (Å²) in [5.74, 6) is -0.132. The predicted octanol–water partition coefficient (Wildman–Crippen LogP) is -1.09. The van der Waals surface area contributed by atoms with Crippen LogP contribution in [0.1, 0.15) is 12.8 Å². The van der Waals surface area contributed by atoms with E-state index in [0.29, 0.717) is 6.42 Å². The van der Waals surface area contributed by atoms with Crippen molar-refractivity contribution in [2.75, 3.05) is 26.0 Å². The molecular weight excluding hydrogens is 204 g/mol.